The Labute approximate surface area is 110 Å². The quantitative estimate of drug-likeness (QED) is 0.529. The third-order valence-electron chi connectivity index (χ3n) is 1.95. The van der Waals surface area contributed by atoms with Crippen molar-refractivity contribution in [2.75, 3.05) is 0 Å². The Hall–Kier alpha value is -1.67. The van der Waals surface area contributed by atoms with Gasteiger partial charge in [-0.3, -0.25) is 15.6 Å². The molecule has 6 nitrogen and oxygen atoms in total. The number of hydrazine groups is 1. The molecule has 2 aromatic rings. The molecule has 2 rings (SSSR count). The second kappa shape index (κ2) is 4.68. The van der Waals surface area contributed by atoms with Crippen LogP contribution in [0.2, 0.25) is 0 Å². The Morgan fingerprint density at radius 3 is 3.00 bits per heavy atom. The van der Waals surface area contributed by atoms with E-state index in [9.17, 15) is 4.79 Å². The van der Waals surface area contributed by atoms with Gasteiger partial charge in [0.25, 0.3) is 5.91 Å². The number of halogens is 1. The largest absolute Gasteiger partial charge is 0.375 e. The van der Waals surface area contributed by atoms with Crippen molar-refractivity contribution < 1.29 is 4.79 Å². The molecule has 0 radical (unpaired) electrons. The molecule has 0 aliphatic heterocycles. The predicted octanol–water partition coefficient (Wildman–Crippen LogP) is 0.575. The van der Waals surface area contributed by atoms with Crippen molar-refractivity contribution in [3.05, 3.63) is 34.7 Å². The third-order valence-corrected chi connectivity index (χ3v) is 2.55. The summed E-state index contributed by atoms with van der Waals surface area (Å²) < 4.78 is 2.63. The minimum absolute atomic E-state index is 0.00939. The number of nitrogens with one attached hydrogen (secondary N) is 2. The molecule has 4 N–H and O–H groups in total. The van der Waals surface area contributed by atoms with Crippen molar-refractivity contribution in [3.8, 4) is 0 Å². The van der Waals surface area contributed by atoms with Crippen molar-refractivity contribution in [1.82, 2.24) is 20.2 Å². The highest BCUT2D eigenvalue weighted by Gasteiger charge is 2.10. The molecule has 0 spiro atoms. The Morgan fingerprint density at radius 2 is 2.29 bits per heavy atom. The molecule has 88 valence electrons. The lowest BCUT2D eigenvalue weighted by atomic mass is 10.5. The van der Waals surface area contributed by atoms with Crippen LogP contribution in [-0.4, -0.2) is 20.4 Å². The van der Waals surface area contributed by atoms with Crippen molar-refractivity contribution in [2.45, 2.75) is 0 Å². The van der Waals surface area contributed by atoms with Crippen LogP contribution in [0.25, 0.3) is 5.65 Å². The van der Waals surface area contributed by atoms with Crippen LogP contribution >= 0.6 is 28.1 Å². The number of aromatic nitrogens is 2. The van der Waals surface area contributed by atoms with Gasteiger partial charge in [0, 0.05) is 16.9 Å². The van der Waals surface area contributed by atoms with Crippen LogP contribution in [-0.2, 0) is 0 Å². The molecule has 0 saturated carbocycles. The molecule has 0 aliphatic rings. The van der Waals surface area contributed by atoms with E-state index in [1.807, 2.05) is 6.07 Å². The molecule has 0 saturated heterocycles. The van der Waals surface area contributed by atoms with Crippen LogP contribution < -0.4 is 16.6 Å². The number of pyridine rings is 1. The number of amides is 1. The predicted molar refractivity (Wildman–Crippen MR) is 70.3 cm³/mol. The van der Waals surface area contributed by atoms with Gasteiger partial charge in [0.2, 0.25) is 0 Å². The molecular weight excluding hydrogens is 306 g/mol. The molecule has 2 heterocycles. The highest BCUT2D eigenvalue weighted by molar-refractivity contribution is 9.10. The summed E-state index contributed by atoms with van der Waals surface area (Å²) in [6.07, 6.45) is 3.41. The fourth-order valence-corrected chi connectivity index (χ4v) is 1.62. The zero-order valence-electron chi connectivity index (χ0n) is 8.48. The van der Waals surface area contributed by atoms with Crippen LogP contribution in [0, 0.1) is 0 Å². The third kappa shape index (κ3) is 2.71. The van der Waals surface area contributed by atoms with E-state index in [0.29, 0.717) is 5.65 Å². The van der Waals surface area contributed by atoms with Gasteiger partial charge in [-0.25, -0.2) is 4.98 Å². The maximum Gasteiger partial charge on any atom is 0.289 e. The van der Waals surface area contributed by atoms with Crippen molar-refractivity contribution in [3.63, 3.8) is 0 Å². The number of fused-ring (bicyclic) bond motifs is 1. The Morgan fingerprint density at radius 1 is 1.53 bits per heavy atom. The summed E-state index contributed by atoms with van der Waals surface area (Å²) in [7, 11) is 0. The van der Waals surface area contributed by atoms with E-state index in [-0.39, 0.29) is 10.8 Å². The number of hydrogen-bond donors (Lipinski definition) is 3. The van der Waals surface area contributed by atoms with Crippen LogP contribution in [0.4, 0.5) is 0 Å². The molecule has 17 heavy (non-hydrogen) atoms. The second-order valence-corrected chi connectivity index (χ2v) is 4.54. The van der Waals surface area contributed by atoms with Crippen LogP contribution in [0.1, 0.15) is 10.5 Å². The molecule has 2 aromatic heterocycles. The molecule has 1 amide bonds. The molecule has 0 aromatic carbocycles. The lowest BCUT2D eigenvalue weighted by Crippen LogP contribution is -2.44. The van der Waals surface area contributed by atoms with E-state index in [1.54, 1.807) is 22.9 Å². The topological polar surface area (TPSA) is 84.5 Å². The summed E-state index contributed by atoms with van der Waals surface area (Å²) in [5.41, 5.74) is 10.8. The van der Waals surface area contributed by atoms with Gasteiger partial charge in [0.1, 0.15) is 11.3 Å². The highest BCUT2D eigenvalue weighted by Crippen LogP contribution is 2.12. The van der Waals surface area contributed by atoms with Gasteiger partial charge in [0.05, 0.1) is 0 Å². The first-order valence-electron chi connectivity index (χ1n) is 4.56. The second-order valence-electron chi connectivity index (χ2n) is 3.18. The number of nitrogens with zero attached hydrogens (tertiary/aromatic N) is 2. The summed E-state index contributed by atoms with van der Waals surface area (Å²) in [6, 6.07) is 3.65. The lowest BCUT2D eigenvalue weighted by molar-refractivity contribution is 0.0939. The zero-order valence-corrected chi connectivity index (χ0v) is 10.9. The Balaban J connectivity index is 2.24. The van der Waals surface area contributed by atoms with Crippen molar-refractivity contribution >= 4 is 44.8 Å². The number of carbonyl (C=O) groups is 1. The van der Waals surface area contributed by atoms with E-state index in [1.165, 1.54) is 0 Å². The minimum atomic E-state index is -0.405. The van der Waals surface area contributed by atoms with Crippen LogP contribution in [0.5, 0.6) is 0 Å². The van der Waals surface area contributed by atoms with E-state index in [4.69, 9.17) is 5.73 Å². The number of nitrogens with two attached hydrogens (primary N) is 1. The van der Waals surface area contributed by atoms with Crippen LogP contribution in [0.15, 0.2) is 29.0 Å². The standard InChI is InChI=1S/C9H8BrN5OS/c10-5-1-2-15-4-6(12-7(15)3-5)8(16)13-14-9(11)17/h1-4H,(H,13,16)(H3,11,14,17). The molecule has 0 bridgehead atoms. The molecule has 0 aliphatic carbocycles. The fraction of sp³-hybridized carbons (Fsp3) is 0. The van der Waals surface area contributed by atoms with Crippen LogP contribution in [0.3, 0.4) is 0 Å². The van der Waals surface area contributed by atoms with Gasteiger partial charge in [0.15, 0.2) is 5.11 Å². The summed E-state index contributed by atoms with van der Waals surface area (Å²) in [4.78, 5) is 15.8. The monoisotopic (exact) mass is 313 g/mol. The number of imidazole rings is 1. The Bertz CT molecular complexity index is 596. The van der Waals surface area contributed by atoms with Gasteiger partial charge < -0.3 is 10.1 Å². The van der Waals surface area contributed by atoms with E-state index >= 15 is 0 Å². The first kappa shape index (κ1) is 11.8. The molecule has 8 heteroatoms. The fourth-order valence-electron chi connectivity index (χ4n) is 1.25. The lowest BCUT2D eigenvalue weighted by Gasteiger charge is -2.02. The zero-order chi connectivity index (χ0) is 12.4. The molecule has 0 atom stereocenters. The van der Waals surface area contributed by atoms with Gasteiger partial charge in [-0.1, -0.05) is 15.9 Å². The number of hydrogen-bond acceptors (Lipinski definition) is 3. The van der Waals surface area contributed by atoms with E-state index in [0.717, 1.165) is 4.47 Å². The number of thiocarbonyl (C=S) groups is 1. The summed E-state index contributed by atoms with van der Waals surface area (Å²) in [6.45, 7) is 0. The van der Waals surface area contributed by atoms with Crippen molar-refractivity contribution in [2.24, 2.45) is 5.73 Å². The number of rotatable bonds is 1. The molecule has 0 fully saturated rings. The van der Waals surface area contributed by atoms with Gasteiger partial charge >= 0.3 is 0 Å². The van der Waals surface area contributed by atoms with Gasteiger partial charge in [-0.2, -0.15) is 0 Å². The smallest absolute Gasteiger partial charge is 0.289 e. The van der Waals surface area contributed by atoms with Crippen molar-refractivity contribution in [1.29, 1.82) is 0 Å². The highest BCUT2D eigenvalue weighted by atomic mass is 79.9. The Kier molecular flexibility index (Phi) is 3.25. The molecular formula is C9H8BrN5OS. The van der Waals surface area contributed by atoms with E-state index in [2.05, 4.69) is 44.0 Å². The normalized spacial score (nSPS) is 10.2. The summed E-state index contributed by atoms with van der Waals surface area (Å²) >= 11 is 7.89. The average Bonchev–Trinajstić information content (AvgIpc) is 2.68. The number of carbonyl (C=O) groups excluding carboxylic acids is 1. The first-order chi connectivity index (χ1) is 8.06. The summed E-state index contributed by atoms with van der Waals surface area (Å²) in [5.74, 6) is -0.405. The van der Waals surface area contributed by atoms with Gasteiger partial charge in [-0.15, -0.1) is 0 Å². The average molecular weight is 314 g/mol. The minimum Gasteiger partial charge on any atom is -0.375 e. The maximum absolute atomic E-state index is 11.6. The first-order valence-corrected chi connectivity index (χ1v) is 5.76. The van der Waals surface area contributed by atoms with E-state index < -0.39 is 5.91 Å². The SMILES string of the molecule is NC(=S)NNC(=O)c1cn2ccc(Br)cc2n1. The summed E-state index contributed by atoms with van der Waals surface area (Å²) in [5, 5.41) is -0.00939. The molecule has 0 unspecified atom stereocenters. The maximum atomic E-state index is 11.6. The van der Waals surface area contributed by atoms with Gasteiger partial charge in [-0.05, 0) is 24.4 Å².